The average molecular weight is 323 g/mol. The molecule has 0 saturated carbocycles. The summed E-state index contributed by atoms with van der Waals surface area (Å²) >= 11 is 2.92. The maximum atomic E-state index is 11.4. The standard InChI is InChI=1S/C10H15BrN2O5/c1-6(14)7(2-3-10(17)18)13-9(16)5-12-8(15)4-11/h7H,2-5H2,1H3,(H,12,15)(H,13,16)(H,17,18). The first-order valence-electron chi connectivity index (χ1n) is 5.21. The number of carboxylic acids is 1. The number of Topliss-reactive ketones (excluding diaryl/α,β-unsaturated/α-hetero) is 1. The molecule has 0 radical (unpaired) electrons. The third-order valence-corrected chi connectivity index (χ3v) is 2.55. The summed E-state index contributed by atoms with van der Waals surface area (Å²) in [6.07, 6.45) is -0.179. The van der Waals surface area contributed by atoms with Gasteiger partial charge in [-0.1, -0.05) is 15.9 Å². The summed E-state index contributed by atoms with van der Waals surface area (Å²) in [4.78, 5) is 43.8. The summed E-state index contributed by atoms with van der Waals surface area (Å²) in [5, 5.41) is 13.3. The van der Waals surface area contributed by atoms with E-state index in [2.05, 4.69) is 26.6 Å². The minimum absolute atomic E-state index is 0.0306. The maximum absolute atomic E-state index is 11.4. The molecule has 8 heteroatoms. The van der Waals surface area contributed by atoms with Crippen LogP contribution in [0.25, 0.3) is 0 Å². The molecule has 1 unspecified atom stereocenters. The maximum Gasteiger partial charge on any atom is 0.303 e. The molecule has 0 saturated heterocycles. The third-order valence-electron chi connectivity index (χ3n) is 2.04. The lowest BCUT2D eigenvalue weighted by Crippen LogP contribution is -2.45. The predicted molar refractivity (Wildman–Crippen MR) is 66.3 cm³/mol. The Morgan fingerprint density at radius 3 is 2.28 bits per heavy atom. The molecule has 1 atom stereocenters. The Morgan fingerprint density at radius 1 is 1.22 bits per heavy atom. The van der Waals surface area contributed by atoms with Crippen molar-refractivity contribution in [3.05, 3.63) is 0 Å². The summed E-state index contributed by atoms with van der Waals surface area (Å²) in [6.45, 7) is 1.02. The van der Waals surface area contributed by atoms with Crippen LogP contribution < -0.4 is 10.6 Å². The molecule has 0 aromatic carbocycles. The number of nitrogens with one attached hydrogen (secondary N) is 2. The van der Waals surface area contributed by atoms with Crippen LogP contribution in [0.15, 0.2) is 0 Å². The molecule has 0 aromatic rings. The fraction of sp³-hybridized carbons (Fsp3) is 0.600. The topological polar surface area (TPSA) is 113 Å². The highest BCUT2D eigenvalue weighted by Gasteiger charge is 2.18. The van der Waals surface area contributed by atoms with Crippen molar-refractivity contribution in [2.24, 2.45) is 0 Å². The van der Waals surface area contributed by atoms with E-state index < -0.39 is 17.9 Å². The van der Waals surface area contributed by atoms with Gasteiger partial charge < -0.3 is 15.7 Å². The molecule has 0 aromatic heterocycles. The summed E-state index contributed by atoms with van der Waals surface area (Å²) in [5.41, 5.74) is 0. The van der Waals surface area contributed by atoms with E-state index in [1.807, 2.05) is 0 Å². The molecule has 0 bridgehead atoms. The van der Waals surface area contributed by atoms with Crippen LogP contribution in [0.2, 0.25) is 0 Å². The second-order valence-electron chi connectivity index (χ2n) is 3.57. The minimum Gasteiger partial charge on any atom is -0.481 e. The predicted octanol–water partition coefficient (Wildman–Crippen LogP) is -0.564. The van der Waals surface area contributed by atoms with E-state index in [9.17, 15) is 19.2 Å². The highest BCUT2D eigenvalue weighted by Crippen LogP contribution is 1.98. The zero-order valence-electron chi connectivity index (χ0n) is 9.86. The first-order valence-corrected chi connectivity index (χ1v) is 6.33. The van der Waals surface area contributed by atoms with Gasteiger partial charge in [0.2, 0.25) is 11.8 Å². The fourth-order valence-corrected chi connectivity index (χ4v) is 1.31. The third kappa shape index (κ3) is 7.77. The average Bonchev–Trinajstić information content (AvgIpc) is 2.30. The molecular weight excluding hydrogens is 308 g/mol. The van der Waals surface area contributed by atoms with Crippen molar-refractivity contribution in [2.45, 2.75) is 25.8 Å². The van der Waals surface area contributed by atoms with E-state index in [1.54, 1.807) is 0 Å². The molecule has 0 spiro atoms. The van der Waals surface area contributed by atoms with E-state index in [1.165, 1.54) is 6.92 Å². The monoisotopic (exact) mass is 322 g/mol. The number of hydrogen-bond donors (Lipinski definition) is 3. The Labute approximate surface area is 112 Å². The van der Waals surface area contributed by atoms with Crippen LogP contribution in [-0.4, -0.2) is 46.6 Å². The van der Waals surface area contributed by atoms with Gasteiger partial charge in [0.05, 0.1) is 17.9 Å². The van der Waals surface area contributed by atoms with Gasteiger partial charge in [-0.25, -0.2) is 0 Å². The normalized spacial score (nSPS) is 11.4. The largest absolute Gasteiger partial charge is 0.481 e. The van der Waals surface area contributed by atoms with Crippen molar-refractivity contribution in [2.75, 3.05) is 11.9 Å². The fourth-order valence-electron chi connectivity index (χ4n) is 1.12. The Morgan fingerprint density at radius 2 is 1.83 bits per heavy atom. The molecule has 3 N–H and O–H groups in total. The second kappa shape index (κ2) is 8.62. The van der Waals surface area contributed by atoms with Crippen LogP contribution >= 0.6 is 15.9 Å². The van der Waals surface area contributed by atoms with Gasteiger partial charge in [0.1, 0.15) is 0 Å². The van der Waals surface area contributed by atoms with E-state index >= 15 is 0 Å². The van der Waals surface area contributed by atoms with E-state index in [-0.39, 0.29) is 36.4 Å². The number of carbonyl (C=O) groups is 4. The van der Waals surface area contributed by atoms with Gasteiger partial charge in [0.15, 0.2) is 5.78 Å². The number of alkyl halides is 1. The van der Waals surface area contributed by atoms with Gasteiger partial charge in [0.25, 0.3) is 0 Å². The molecule has 18 heavy (non-hydrogen) atoms. The van der Waals surface area contributed by atoms with Crippen LogP contribution in [0.1, 0.15) is 19.8 Å². The molecule has 0 fully saturated rings. The molecule has 7 nitrogen and oxygen atoms in total. The lowest BCUT2D eigenvalue weighted by Gasteiger charge is -2.15. The first kappa shape index (κ1) is 16.6. The van der Waals surface area contributed by atoms with Crippen LogP contribution in [0.3, 0.4) is 0 Å². The molecule has 0 aliphatic rings. The van der Waals surface area contributed by atoms with Crippen LogP contribution in [-0.2, 0) is 19.2 Å². The first-order chi connectivity index (χ1) is 8.36. The highest BCUT2D eigenvalue weighted by atomic mass is 79.9. The Bertz CT molecular complexity index is 345. The van der Waals surface area contributed by atoms with Crippen molar-refractivity contribution in [1.29, 1.82) is 0 Å². The number of hydrogen-bond acceptors (Lipinski definition) is 4. The quantitative estimate of drug-likeness (QED) is 0.518. The number of rotatable bonds is 8. The van der Waals surface area contributed by atoms with Crippen LogP contribution in [0.5, 0.6) is 0 Å². The zero-order chi connectivity index (χ0) is 14.1. The highest BCUT2D eigenvalue weighted by molar-refractivity contribution is 9.09. The molecule has 0 heterocycles. The van der Waals surface area contributed by atoms with Crippen molar-refractivity contribution in [3.8, 4) is 0 Å². The Hall–Kier alpha value is -1.44. The Kier molecular flexibility index (Phi) is 7.93. The molecule has 2 amide bonds. The zero-order valence-corrected chi connectivity index (χ0v) is 11.4. The smallest absolute Gasteiger partial charge is 0.303 e. The number of halogens is 1. The molecule has 0 rings (SSSR count). The number of carboxylic acid groups (broad SMARTS) is 1. The summed E-state index contributed by atoms with van der Waals surface area (Å²) in [5.74, 6) is -2.25. The molecule has 102 valence electrons. The van der Waals surface area contributed by atoms with Gasteiger partial charge in [0, 0.05) is 6.42 Å². The molecule has 0 aliphatic heterocycles. The van der Waals surface area contributed by atoms with E-state index in [0.717, 1.165) is 0 Å². The van der Waals surface area contributed by atoms with Crippen molar-refractivity contribution >= 4 is 39.5 Å². The number of ketones is 1. The minimum atomic E-state index is -1.04. The van der Waals surface area contributed by atoms with Gasteiger partial charge in [-0.3, -0.25) is 19.2 Å². The van der Waals surface area contributed by atoms with E-state index in [4.69, 9.17) is 5.11 Å². The van der Waals surface area contributed by atoms with Crippen molar-refractivity contribution in [3.63, 3.8) is 0 Å². The Balaban J connectivity index is 4.15. The molecular formula is C10H15BrN2O5. The van der Waals surface area contributed by atoms with E-state index in [0.29, 0.717) is 0 Å². The summed E-state index contributed by atoms with van der Waals surface area (Å²) < 4.78 is 0. The van der Waals surface area contributed by atoms with Gasteiger partial charge in [-0.15, -0.1) is 0 Å². The second-order valence-corrected chi connectivity index (χ2v) is 4.13. The number of amides is 2. The number of carbonyl (C=O) groups excluding carboxylic acids is 3. The molecule has 0 aliphatic carbocycles. The lowest BCUT2D eigenvalue weighted by molar-refractivity contribution is -0.137. The SMILES string of the molecule is CC(=O)C(CCC(=O)O)NC(=O)CNC(=O)CBr. The lowest BCUT2D eigenvalue weighted by atomic mass is 10.1. The summed E-state index contributed by atoms with van der Waals surface area (Å²) in [7, 11) is 0. The van der Waals surface area contributed by atoms with Crippen molar-refractivity contribution in [1.82, 2.24) is 10.6 Å². The van der Waals surface area contributed by atoms with Gasteiger partial charge in [-0.05, 0) is 13.3 Å². The van der Waals surface area contributed by atoms with Crippen molar-refractivity contribution < 1.29 is 24.3 Å². The van der Waals surface area contributed by atoms with Gasteiger partial charge >= 0.3 is 5.97 Å². The summed E-state index contributed by atoms with van der Waals surface area (Å²) in [6, 6.07) is -0.838. The van der Waals surface area contributed by atoms with Gasteiger partial charge in [-0.2, -0.15) is 0 Å². The van der Waals surface area contributed by atoms with Crippen LogP contribution in [0.4, 0.5) is 0 Å². The number of aliphatic carboxylic acids is 1. The van der Waals surface area contributed by atoms with Crippen LogP contribution in [0, 0.1) is 0 Å².